The van der Waals surface area contributed by atoms with Gasteiger partial charge in [0.15, 0.2) is 5.96 Å². The molecule has 6 nitrogen and oxygen atoms in total. The molecule has 0 aliphatic carbocycles. The van der Waals surface area contributed by atoms with E-state index in [1.807, 2.05) is 7.05 Å². The Morgan fingerprint density at radius 2 is 1.71 bits per heavy atom. The second-order valence-corrected chi connectivity index (χ2v) is 7.90. The van der Waals surface area contributed by atoms with Gasteiger partial charge in [0.2, 0.25) is 0 Å². The van der Waals surface area contributed by atoms with Crippen LogP contribution in [0.1, 0.15) is 39.7 Å². The standard InChI is InChI=1S/C22H39N5O/c1-18(2)27(19(3)4)12-6-11-24-22(23-5)25-17-20-7-9-21(10-8-20)26-13-15-28-16-14-26/h7-10,18-19H,6,11-17H2,1-5H3,(H2,23,24,25). The third-order valence-corrected chi connectivity index (χ3v) is 5.21. The summed E-state index contributed by atoms with van der Waals surface area (Å²) in [5.41, 5.74) is 2.53. The van der Waals surface area contributed by atoms with Crippen LogP contribution < -0.4 is 15.5 Å². The van der Waals surface area contributed by atoms with Gasteiger partial charge in [-0.15, -0.1) is 0 Å². The number of hydrogen-bond donors (Lipinski definition) is 2. The molecule has 0 saturated carbocycles. The van der Waals surface area contributed by atoms with Crippen LogP contribution in [0.15, 0.2) is 29.3 Å². The van der Waals surface area contributed by atoms with E-state index < -0.39 is 0 Å². The van der Waals surface area contributed by atoms with Gasteiger partial charge in [-0.2, -0.15) is 0 Å². The van der Waals surface area contributed by atoms with Gasteiger partial charge >= 0.3 is 0 Å². The molecule has 2 N–H and O–H groups in total. The predicted octanol–water partition coefficient (Wildman–Crippen LogP) is 2.70. The normalized spacial score (nSPS) is 15.6. The first-order valence-electron chi connectivity index (χ1n) is 10.6. The molecule has 1 heterocycles. The third kappa shape index (κ3) is 7.32. The Kier molecular flexibility index (Phi) is 9.58. The Balaban J connectivity index is 1.71. The molecule has 0 radical (unpaired) electrons. The van der Waals surface area contributed by atoms with Gasteiger partial charge < -0.3 is 20.3 Å². The molecule has 1 saturated heterocycles. The van der Waals surface area contributed by atoms with Crippen molar-refractivity contribution < 1.29 is 4.74 Å². The van der Waals surface area contributed by atoms with Crippen LogP contribution >= 0.6 is 0 Å². The topological polar surface area (TPSA) is 52.1 Å². The van der Waals surface area contributed by atoms with Gasteiger partial charge in [0.25, 0.3) is 0 Å². The Bertz CT molecular complexity index is 571. The van der Waals surface area contributed by atoms with Crippen LogP contribution in [-0.4, -0.2) is 69.4 Å². The van der Waals surface area contributed by atoms with Gasteiger partial charge in [0.05, 0.1) is 13.2 Å². The summed E-state index contributed by atoms with van der Waals surface area (Å²) in [7, 11) is 1.82. The number of anilines is 1. The zero-order chi connectivity index (χ0) is 20.4. The van der Waals surface area contributed by atoms with E-state index in [9.17, 15) is 0 Å². The maximum Gasteiger partial charge on any atom is 0.191 e. The molecule has 158 valence electrons. The van der Waals surface area contributed by atoms with Crippen molar-refractivity contribution in [1.29, 1.82) is 0 Å². The van der Waals surface area contributed by atoms with Crippen molar-refractivity contribution in [3.05, 3.63) is 29.8 Å². The summed E-state index contributed by atoms with van der Waals surface area (Å²) in [6.45, 7) is 15.4. The molecule has 1 fully saturated rings. The van der Waals surface area contributed by atoms with Gasteiger partial charge in [0, 0.05) is 57.5 Å². The summed E-state index contributed by atoms with van der Waals surface area (Å²) in [6, 6.07) is 9.94. The lowest BCUT2D eigenvalue weighted by Crippen LogP contribution is -2.41. The van der Waals surface area contributed by atoms with E-state index >= 15 is 0 Å². The molecule has 1 aliphatic rings. The van der Waals surface area contributed by atoms with Gasteiger partial charge in [-0.1, -0.05) is 12.1 Å². The molecule has 1 aromatic carbocycles. The smallest absolute Gasteiger partial charge is 0.191 e. The molecule has 0 aromatic heterocycles. The van der Waals surface area contributed by atoms with E-state index in [0.29, 0.717) is 12.1 Å². The molecule has 0 atom stereocenters. The minimum absolute atomic E-state index is 0.581. The summed E-state index contributed by atoms with van der Waals surface area (Å²) in [6.07, 6.45) is 1.10. The molecular weight excluding hydrogens is 350 g/mol. The fourth-order valence-electron chi connectivity index (χ4n) is 3.63. The fourth-order valence-corrected chi connectivity index (χ4v) is 3.63. The van der Waals surface area contributed by atoms with Crippen LogP contribution in [0, 0.1) is 0 Å². The highest BCUT2D eigenvalue weighted by molar-refractivity contribution is 5.79. The van der Waals surface area contributed by atoms with Gasteiger partial charge in [-0.3, -0.25) is 9.89 Å². The summed E-state index contributed by atoms with van der Waals surface area (Å²) < 4.78 is 5.42. The number of benzene rings is 1. The quantitative estimate of drug-likeness (QED) is 0.386. The van der Waals surface area contributed by atoms with E-state index in [-0.39, 0.29) is 0 Å². The molecule has 1 aromatic rings. The Labute approximate surface area is 171 Å². The summed E-state index contributed by atoms with van der Waals surface area (Å²) >= 11 is 0. The molecule has 28 heavy (non-hydrogen) atoms. The number of nitrogens with one attached hydrogen (secondary N) is 2. The molecule has 0 amide bonds. The zero-order valence-corrected chi connectivity index (χ0v) is 18.4. The highest BCUT2D eigenvalue weighted by Gasteiger charge is 2.13. The zero-order valence-electron chi connectivity index (χ0n) is 18.4. The average molecular weight is 390 g/mol. The van der Waals surface area contributed by atoms with Crippen LogP contribution in [-0.2, 0) is 11.3 Å². The lowest BCUT2D eigenvalue weighted by atomic mass is 10.2. The number of morpholine rings is 1. The molecule has 2 rings (SSSR count). The summed E-state index contributed by atoms with van der Waals surface area (Å²) in [5, 5.41) is 6.84. The van der Waals surface area contributed by atoms with Crippen molar-refractivity contribution >= 4 is 11.6 Å². The Morgan fingerprint density at radius 3 is 2.29 bits per heavy atom. The number of aliphatic imine (C=N–C) groups is 1. The van der Waals surface area contributed by atoms with E-state index in [1.54, 1.807) is 0 Å². The highest BCUT2D eigenvalue weighted by atomic mass is 16.5. The number of rotatable bonds is 9. The second-order valence-electron chi connectivity index (χ2n) is 7.90. The van der Waals surface area contributed by atoms with E-state index in [2.05, 4.69) is 77.4 Å². The van der Waals surface area contributed by atoms with E-state index in [0.717, 1.165) is 58.3 Å². The molecule has 6 heteroatoms. The lowest BCUT2D eigenvalue weighted by Gasteiger charge is -2.30. The van der Waals surface area contributed by atoms with Gasteiger partial charge in [-0.25, -0.2) is 0 Å². The third-order valence-electron chi connectivity index (χ3n) is 5.21. The van der Waals surface area contributed by atoms with Crippen LogP contribution in [0.2, 0.25) is 0 Å². The Hall–Kier alpha value is -1.79. The fraction of sp³-hybridized carbons (Fsp3) is 0.682. The maximum absolute atomic E-state index is 5.42. The van der Waals surface area contributed by atoms with Crippen LogP contribution in [0.3, 0.4) is 0 Å². The summed E-state index contributed by atoms with van der Waals surface area (Å²) in [4.78, 5) is 9.24. The molecule has 0 unspecified atom stereocenters. The Morgan fingerprint density at radius 1 is 1.07 bits per heavy atom. The first-order chi connectivity index (χ1) is 13.5. The number of ether oxygens (including phenoxy) is 1. The maximum atomic E-state index is 5.42. The number of nitrogens with zero attached hydrogens (tertiary/aromatic N) is 3. The number of guanidine groups is 1. The van der Waals surface area contributed by atoms with Crippen LogP contribution in [0.4, 0.5) is 5.69 Å². The molecule has 0 bridgehead atoms. The second kappa shape index (κ2) is 11.9. The van der Waals surface area contributed by atoms with Crippen LogP contribution in [0.5, 0.6) is 0 Å². The van der Waals surface area contributed by atoms with Crippen molar-refractivity contribution in [3.8, 4) is 0 Å². The molecular formula is C22H39N5O. The van der Waals surface area contributed by atoms with E-state index in [4.69, 9.17) is 4.74 Å². The largest absolute Gasteiger partial charge is 0.378 e. The SMILES string of the molecule is CN=C(NCCCN(C(C)C)C(C)C)NCc1ccc(N2CCOCC2)cc1. The number of hydrogen-bond acceptors (Lipinski definition) is 4. The van der Waals surface area contributed by atoms with Gasteiger partial charge in [-0.05, 0) is 51.8 Å². The van der Waals surface area contributed by atoms with Gasteiger partial charge in [0.1, 0.15) is 0 Å². The van der Waals surface area contributed by atoms with Crippen molar-refractivity contribution in [1.82, 2.24) is 15.5 Å². The predicted molar refractivity (Wildman–Crippen MR) is 119 cm³/mol. The average Bonchev–Trinajstić information content (AvgIpc) is 2.70. The van der Waals surface area contributed by atoms with Crippen molar-refractivity contribution in [2.75, 3.05) is 51.3 Å². The first kappa shape index (κ1) is 22.5. The molecule has 0 spiro atoms. The molecule has 1 aliphatic heterocycles. The van der Waals surface area contributed by atoms with Crippen molar-refractivity contribution in [2.45, 2.75) is 52.7 Å². The monoisotopic (exact) mass is 389 g/mol. The highest BCUT2D eigenvalue weighted by Crippen LogP contribution is 2.16. The first-order valence-corrected chi connectivity index (χ1v) is 10.6. The van der Waals surface area contributed by atoms with Crippen molar-refractivity contribution in [2.24, 2.45) is 4.99 Å². The lowest BCUT2D eigenvalue weighted by molar-refractivity contribution is 0.122. The summed E-state index contributed by atoms with van der Waals surface area (Å²) in [5.74, 6) is 0.859. The minimum atomic E-state index is 0.581. The van der Waals surface area contributed by atoms with Crippen LogP contribution in [0.25, 0.3) is 0 Å². The van der Waals surface area contributed by atoms with Crippen molar-refractivity contribution in [3.63, 3.8) is 0 Å². The van der Waals surface area contributed by atoms with E-state index in [1.165, 1.54) is 11.3 Å². The minimum Gasteiger partial charge on any atom is -0.378 e.